The normalized spacial score (nSPS) is 19.6. The van der Waals surface area contributed by atoms with Crippen LogP contribution >= 0.6 is 0 Å². The number of amides is 1. The number of ether oxygens (including phenoxy) is 1. The number of aliphatic hydroxyl groups excluding tert-OH is 2. The van der Waals surface area contributed by atoms with E-state index in [2.05, 4.69) is 33.7 Å². The van der Waals surface area contributed by atoms with Crippen LogP contribution in [-0.4, -0.2) is 59.6 Å². The van der Waals surface area contributed by atoms with Crippen molar-refractivity contribution in [3.05, 3.63) is 59.2 Å². The molecule has 0 fully saturated rings. The maximum atomic E-state index is 12.4. The summed E-state index contributed by atoms with van der Waals surface area (Å²) in [5.41, 5.74) is 3.78. The number of hydrogen-bond donors (Lipinski definition) is 4. The number of nitrogens with zero attached hydrogens (tertiary/aromatic N) is 1. The van der Waals surface area contributed by atoms with Gasteiger partial charge in [-0.3, -0.25) is 9.69 Å². The average molecular weight is 383 g/mol. The molecule has 148 valence electrons. The van der Waals surface area contributed by atoms with E-state index in [-0.39, 0.29) is 19.1 Å². The first-order chi connectivity index (χ1) is 13.6. The number of aliphatic hydroxyl groups is 2. The van der Waals surface area contributed by atoms with Crippen LogP contribution in [0.4, 0.5) is 5.69 Å². The molecule has 0 bridgehead atoms. The Morgan fingerprint density at radius 3 is 2.96 bits per heavy atom. The molecular formula is C21H25N3O4. The van der Waals surface area contributed by atoms with E-state index in [0.29, 0.717) is 23.5 Å². The lowest BCUT2D eigenvalue weighted by Crippen LogP contribution is -2.42. The van der Waals surface area contributed by atoms with E-state index in [1.165, 1.54) is 11.1 Å². The zero-order valence-electron chi connectivity index (χ0n) is 15.6. The van der Waals surface area contributed by atoms with Crippen molar-refractivity contribution in [3.8, 4) is 5.75 Å². The second-order valence-corrected chi connectivity index (χ2v) is 7.30. The third kappa shape index (κ3) is 4.27. The maximum absolute atomic E-state index is 12.4. The summed E-state index contributed by atoms with van der Waals surface area (Å²) in [4.78, 5) is 14.6. The van der Waals surface area contributed by atoms with Gasteiger partial charge < -0.3 is 25.6 Å². The minimum atomic E-state index is -0.746. The average Bonchev–Trinajstić information content (AvgIpc) is 2.71. The Bertz CT molecular complexity index is 857. The van der Waals surface area contributed by atoms with Gasteiger partial charge in [0.2, 0.25) is 0 Å². The molecule has 0 saturated carbocycles. The number of nitrogens with one attached hydrogen (secondary N) is 2. The molecule has 2 atom stereocenters. The molecule has 2 aliphatic rings. The van der Waals surface area contributed by atoms with E-state index in [9.17, 15) is 15.0 Å². The SMILES string of the molecule is O=C(NCC(O)CN1CCc2ccccc2C1)c1ccc2c(c1)OCC(O)N2. The quantitative estimate of drug-likeness (QED) is 0.615. The lowest BCUT2D eigenvalue weighted by Gasteiger charge is -2.30. The van der Waals surface area contributed by atoms with Crippen molar-refractivity contribution in [2.45, 2.75) is 25.3 Å². The van der Waals surface area contributed by atoms with Crippen LogP contribution in [0.25, 0.3) is 0 Å². The van der Waals surface area contributed by atoms with E-state index in [1.807, 2.05) is 6.07 Å². The molecule has 2 aromatic carbocycles. The number of rotatable bonds is 5. The lowest BCUT2D eigenvalue weighted by molar-refractivity contribution is 0.0841. The Morgan fingerprint density at radius 2 is 2.11 bits per heavy atom. The van der Waals surface area contributed by atoms with Crippen molar-refractivity contribution >= 4 is 11.6 Å². The first kappa shape index (κ1) is 18.7. The molecular weight excluding hydrogens is 358 g/mol. The highest BCUT2D eigenvalue weighted by Crippen LogP contribution is 2.29. The first-order valence-corrected chi connectivity index (χ1v) is 9.55. The van der Waals surface area contributed by atoms with Gasteiger partial charge in [-0.15, -0.1) is 0 Å². The Labute approximate surface area is 163 Å². The fraction of sp³-hybridized carbons (Fsp3) is 0.381. The Balaban J connectivity index is 1.28. The summed E-state index contributed by atoms with van der Waals surface area (Å²) in [5.74, 6) is 0.269. The standard InChI is InChI=1S/C21H25N3O4/c25-17(12-24-8-7-14-3-1-2-4-16(14)11-24)10-22-21(27)15-5-6-18-19(9-15)28-13-20(26)23-18/h1-6,9,17,20,23,25-26H,7-8,10-13H2,(H,22,27). The number of fused-ring (bicyclic) bond motifs is 2. The smallest absolute Gasteiger partial charge is 0.251 e. The highest BCUT2D eigenvalue weighted by atomic mass is 16.5. The summed E-state index contributed by atoms with van der Waals surface area (Å²) in [6, 6.07) is 13.4. The monoisotopic (exact) mass is 383 g/mol. The van der Waals surface area contributed by atoms with Crippen LogP contribution in [0.1, 0.15) is 21.5 Å². The van der Waals surface area contributed by atoms with Gasteiger partial charge in [0.15, 0.2) is 6.23 Å². The van der Waals surface area contributed by atoms with Crippen LogP contribution in [0.3, 0.4) is 0 Å². The molecule has 7 nitrogen and oxygen atoms in total. The van der Waals surface area contributed by atoms with Crippen LogP contribution in [0.2, 0.25) is 0 Å². The van der Waals surface area contributed by atoms with E-state index < -0.39 is 12.3 Å². The predicted octanol–water partition coefficient (Wildman–Crippen LogP) is 0.958. The van der Waals surface area contributed by atoms with E-state index in [4.69, 9.17) is 4.74 Å². The van der Waals surface area contributed by atoms with Crippen LogP contribution in [0.15, 0.2) is 42.5 Å². The molecule has 1 amide bonds. The summed E-state index contributed by atoms with van der Waals surface area (Å²) < 4.78 is 5.43. The maximum Gasteiger partial charge on any atom is 0.251 e. The van der Waals surface area contributed by atoms with Crippen molar-refractivity contribution in [1.82, 2.24) is 10.2 Å². The molecule has 0 radical (unpaired) electrons. The molecule has 4 N–H and O–H groups in total. The molecule has 0 spiro atoms. The summed E-state index contributed by atoms with van der Waals surface area (Å²) in [5, 5.41) is 25.5. The number of anilines is 1. The molecule has 28 heavy (non-hydrogen) atoms. The van der Waals surface area contributed by atoms with Crippen LogP contribution in [-0.2, 0) is 13.0 Å². The van der Waals surface area contributed by atoms with Crippen LogP contribution in [0.5, 0.6) is 5.75 Å². The van der Waals surface area contributed by atoms with Crippen molar-refractivity contribution in [1.29, 1.82) is 0 Å². The fourth-order valence-electron chi connectivity index (χ4n) is 3.68. The summed E-state index contributed by atoms with van der Waals surface area (Å²) in [6.07, 6.45) is -0.406. The fourth-order valence-corrected chi connectivity index (χ4v) is 3.68. The van der Waals surface area contributed by atoms with Crippen molar-refractivity contribution < 1.29 is 19.7 Å². The molecule has 7 heteroatoms. The predicted molar refractivity (Wildman–Crippen MR) is 105 cm³/mol. The summed E-state index contributed by atoms with van der Waals surface area (Å²) in [7, 11) is 0. The van der Waals surface area contributed by atoms with Crippen LogP contribution in [0, 0.1) is 0 Å². The number of carbonyl (C=O) groups is 1. The number of benzene rings is 2. The third-order valence-electron chi connectivity index (χ3n) is 5.14. The minimum absolute atomic E-state index is 0.135. The van der Waals surface area contributed by atoms with Gasteiger partial charge in [-0.25, -0.2) is 0 Å². The van der Waals surface area contributed by atoms with Crippen molar-refractivity contribution in [2.24, 2.45) is 0 Å². The molecule has 2 unspecified atom stereocenters. The highest BCUT2D eigenvalue weighted by molar-refractivity contribution is 5.95. The molecule has 4 rings (SSSR count). The third-order valence-corrected chi connectivity index (χ3v) is 5.14. The molecule has 2 heterocycles. The molecule has 0 aromatic heterocycles. The van der Waals surface area contributed by atoms with Gasteiger partial charge in [-0.1, -0.05) is 24.3 Å². The highest BCUT2D eigenvalue weighted by Gasteiger charge is 2.20. The lowest BCUT2D eigenvalue weighted by atomic mass is 10.00. The Hall–Kier alpha value is -2.61. The Morgan fingerprint density at radius 1 is 1.29 bits per heavy atom. The van der Waals surface area contributed by atoms with Gasteiger partial charge in [-0.05, 0) is 35.7 Å². The van der Waals surface area contributed by atoms with Gasteiger partial charge in [-0.2, -0.15) is 0 Å². The Kier molecular flexibility index (Phi) is 5.47. The second kappa shape index (κ2) is 8.18. The summed E-state index contributed by atoms with van der Waals surface area (Å²) >= 11 is 0. The van der Waals surface area contributed by atoms with Gasteiger partial charge in [0, 0.05) is 31.7 Å². The minimum Gasteiger partial charge on any atom is -0.487 e. The van der Waals surface area contributed by atoms with Crippen molar-refractivity contribution in [3.63, 3.8) is 0 Å². The second-order valence-electron chi connectivity index (χ2n) is 7.30. The van der Waals surface area contributed by atoms with Crippen LogP contribution < -0.4 is 15.4 Å². The van der Waals surface area contributed by atoms with Gasteiger partial charge >= 0.3 is 0 Å². The molecule has 0 saturated heterocycles. The van der Waals surface area contributed by atoms with Gasteiger partial charge in [0.25, 0.3) is 5.91 Å². The molecule has 2 aliphatic heterocycles. The molecule has 2 aromatic rings. The largest absolute Gasteiger partial charge is 0.487 e. The van der Waals surface area contributed by atoms with Crippen molar-refractivity contribution in [2.75, 3.05) is 31.6 Å². The molecule has 0 aliphatic carbocycles. The first-order valence-electron chi connectivity index (χ1n) is 9.55. The number of carbonyl (C=O) groups excluding carboxylic acids is 1. The van der Waals surface area contributed by atoms with E-state index >= 15 is 0 Å². The zero-order chi connectivity index (χ0) is 19.5. The topological polar surface area (TPSA) is 94.1 Å². The zero-order valence-corrected chi connectivity index (χ0v) is 15.6. The van der Waals surface area contributed by atoms with E-state index in [0.717, 1.165) is 19.5 Å². The van der Waals surface area contributed by atoms with E-state index in [1.54, 1.807) is 18.2 Å². The summed E-state index contributed by atoms with van der Waals surface area (Å²) in [6.45, 7) is 2.57. The number of β-amino-alcohol motifs (C(OH)–C–C–N with tert-alkyl or cyclic N) is 1. The van der Waals surface area contributed by atoms with Gasteiger partial charge in [0.1, 0.15) is 12.4 Å². The van der Waals surface area contributed by atoms with Gasteiger partial charge in [0.05, 0.1) is 11.8 Å². The number of hydrogen-bond acceptors (Lipinski definition) is 6.